The lowest BCUT2D eigenvalue weighted by molar-refractivity contribution is 1.73. The lowest BCUT2D eigenvalue weighted by atomic mass is 10.4. The molecular formula is C36H30P3+. The quantitative estimate of drug-likeness (QED) is 0.177. The maximum absolute atomic E-state index is 2.36. The van der Waals surface area contributed by atoms with Crippen molar-refractivity contribution < 1.29 is 0 Å². The van der Waals surface area contributed by atoms with Gasteiger partial charge in [0, 0.05) is 6.55 Å². The van der Waals surface area contributed by atoms with E-state index in [2.05, 4.69) is 182 Å². The molecule has 0 N–H and O–H groups in total. The fraction of sp³-hybridized carbons (Fsp3) is 0. The number of benzene rings is 6. The summed E-state index contributed by atoms with van der Waals surface area (Å²) in [6.07, 6.45) is 0. The summed E-state index contributed by atoms with van der Waals surface area (Å²) in [7, 11) is 1.43. The lowest BCUT2D eigenvalue weighted by Gasteiger charge is -2.31. The van der Waals surface area contributed by atoms with Gasteiger partial charge in [0.25, 0.3) is 0 Å². The zero-order chi connectivity index (χ0) is 26.4. The highest BCUT2D eigenvalue weighted by Gasteiger charge is 2.48. The van der Waals surface area contributed by atoms with Crippen molar-refractivity contribution in [3.8, 4) is 0 Å². The van der Waals surface area contributed by atoms with Crippen molar-refractivity contribution in [2.45, 2.75) is 0 Å². The Balaban J connectivity index is 1.88. The van der Waals surface area contributed by atoms with Gasteiger partial charge in [-0.1, -0.05) is 146 Å². The summed E-state index contributed by atoms with van der Waals surface area (Å²) >= 11 is 0. The van der Waals surface area contributed by atoms with Crippen LogP contribution in [0.4, 0.5) is 0 Å². The Bertz CT molecular complexity index is 1470. The van der Waals surface area contributed by atoms with Crippen LogP contribution >= 0.6 is 21.1 Å². The smallest absolute Gasteiger partial charge is 0.0622 e. The first kappa shape index (κ1) is 25.7. The van der Waals surface area contributed by atoms with E-state index in [-0.39, 0.29) is 0 Å². The molecule has 0 spiro atoms. The van der Waals surface area contributed by atoms with E-state index >= 15 is 0 Å². The molecule has 0 saturated carbocycles. The molecule has 0 unspecified atom stereocenters. The number of rotatable bonds is 7. The molecule has 6 rings (SSSR count). The molecule has 0 bridgehead atoms. The van der Waals surface area contributed by atoms with Gasteiger partial charge in [-0.05, 0) is 52.3 Å². The van der Waals surface area contributed by atoms with Gasteiger partial charge >= 0.3 is 0 Å². The minimum atomic E-state index is -2.15. The Kier molecular flexibility index (Phi) is 7.72. The summed E-state index contributed by atoms with van der Waals surface area (Å²) < 4.78 is 0. The van der Waals surface area contributed by atoms with Crippen LogP contribution in [0.2, 0.25) is 0 Å². The van der Waals surface area contributed by atoms with E-state index in [9.17, 15) is 0 Å². The zero-order valence-corrected chi connectivity index (χ0v) is 24.3. The highest BCUT2D eigenvalue weighted by Crippen LogP contribution is 2.77. The van der Waals surface area contributed by atoms with Crippen LogP contribution < -0.4 is 31.8 Å². The van der Waals surface area contributed by atoms with E-state index in [0.717, 1.165) is 0 Å². The van der Waals surface area contributed by atoms with Crippen molar-refractivity contribution in [1.29, 1.82) is 0 Å². The second kappa shape index (κ2) is 11.7. The van der Waals surface area contributed by atoms with Gasteiger partial charge in [-0.3, -0.25) is 0 Å². The van der Waals surface area contributed by atoms with E-state index in [1.54, 1.807) is 0 Å². The van der Waals surface area contributed by atoms with Crippen LogP contribution in [-0.2, 0) is 0 Å². The molecule has 39 heavy (non-hydrogen) atoms. The number of hydrogen-bond acceptors (Lipinski definition) is 0. The minimum Gasteiger partial charge on any atom is -0.0622 e. The molecule has 188 valence electrons. The molecule has 0 aliphatic carbocycles. The molecule has 0 fully saturated rings. The average molecular weight is 556 g/mol. The Morgan fingerprint density at radius 3 is 0.795 bits per heavy atom. The summed E-state index contributed by atoms with van der Waals surface area (Å²) in [5, 5.41) is 8.48. The van der Waals surface area contributed by atoms with Crippen molar-refractivity contribution in [3.05, 3.63) is 182 Å². The summed E-state index contributed by atoms with van der Waals surface area (Å²) in [6, 6.07) is 67.6. The van der Waals surface area contributed by atoms with Gasteiger partial charge in [0.15, 0.2) is 6.95 Å². The minimum absolute atomic E-state index is 1.41. The summed E-state index contributed by atoms with van der Waals surface area (Å²) in [6.45, 7) is -4.30. The Morgan fingerprint density at radius 2 is 0.538 bits per heavy atom. The Labute approximate surface area is 234 Å². The van der Waals surface area contributed by atoms with Crippen molar-refractivity contribution >= 4 is 52.9 Å². The third-order valence-corrected chi connectivity index (χ3v) is 24.5. The van der Waals surface area contributed by atoms with E-state index in [0.29, 0.717) is 0 Å². The summed E-state index contributed by atoms with van der Waals surface area (Å²) in [4.78, 5) is 0. The van der Waals surface area contributed by atoms with Crippen LogP contribution in [0.1, 0.15) is 0 Å². The monoisotopic (exact) mass is 555 g/mol. The average Bonchev–Trinajstić information content (AvgIpc) is 3.04. The van der Waals surface area contributed by atoms with Crippen molar-refractivity contribution in [1.82, 2.24) is 0 Å². The van der Waals surface area contributed by atoms with Crippen molar-refractivity contribution in [2.24, 2.45) is 0 Å². The first-order valence-electron chi connectivity index (χ1n) is 13.2. The van der Waals surface area contributed by atoms with Crippen molar-refractivity contribution in [2.75, 3.05) is 0 Å². The van der Waals surface area contributed by atoms with Crippen LogP contribution in [0.25, 0.3) is 0 Å². The molecule has 0 aromatic heterocycles. The second-order valence-corrected chi connectivity index (χ2v) is 20.9. The molecule has 6 aromatic carbocycles. The predicted molar refractivity (Wildman–Crippen MR) is 177 cm³/mol. The normalized spacial score (nSPS) is 11.8. The summed E-state index contributed by atoms with van der Waals surface area (Å²) in [5.74, 6) is 0. The topological polar surface area (TPSA) is 0 Å². The van der Waals surface area contributed by atoms with Gasteiger partial charge < -0.3 is 0 Å². The molecule has 0 saturated heterocycles. The van der Waals surface area contributed by atoms with Gasteiger partial charge in [0.05, 0.1) is 0 Å². The van der Waals surface area contributed by atoms with E-state index < -0.39 is 13.5 Å². The molecule has 0 heterocycles. The highest BCUT2D eigenvalue weighted by molar-refractivity contribution is 8.55. The van der Waals surface area contributed by atoms with Crippen LogP contribution in [0, 0.1) is 0 Å². The summed E-state index contributed by atoms with van der Waals surface area (Å²) in [5.41, 5.74) is 0. The fourth-order valence-corrected chi connectivity index (χ4v) is 26.4. The Hall–Kier alpha value is -3.52. The standard InChI is InChI=1S/C36H30P3/c1-7-19-31(20-8-1)38(32-21-9-2-10-22-32,33-23-11-3-12-24-33)37-39(34-25-13-4-14-26-34,35-27-15-5-16-28-35)36-29-17-6-18-30-36/h1-30H/q+1. The molecule has 6 aromatic rings. The SMILES string of the molecule is c1ccc(P(=P[P+](c2ccccc2)(c2ccccc2)c2ccccc2)(c2ccccc2)c2ccccc2)cc1. The van der Waals surface area contributed by atoms with Gasteiger partial charge in [0.1, 0.15) is 23.5 Å². The third kappa shape index (κ3) is 4.86. The molecule has 0 radical (unpaired) electrons. The molecular weight excluding hydrogens is 525 g/mol. The van der Waals surface area contributed by atoms with Crippen LogP contribution in [0.15, 0.2) is 182 Å². The molecule has 3 heteroatoms. The van der Waals surface area contributed by atoms with Crippen LogP contribution in [-0.4, -0.2) is 0 Å². The van der Waals surface area contributed by atoms with Gasteiger partial charge in [-0.2, -0.15) is 0 Å². The van der Waals surface area contributed by atoms with Crippen LogP contribution in [0.5, 0.6) is 0 Å². The first-order valence-corrected chi connectivity index (χ1v) is 19.1. The predicted octanol–water partition coefficient (Wildman–Crippen LogP) is 7.75. The Morgan fingerprint density at radius 1 is 0.308 bits per heavy atom. The number of hydrogen-bond donors (Lipinski definition) is 0. The molecule has 0 nitrogen and oxygen atoms in total. The molecule has 0 aliphatic heterocycles. The van der Waals surface area contributed by atoms with Crippen molar-refractivity contribution in [3.63, 3.8) is 0 Å². The molecule has 0 aliphatic rings. The maximum Gasteiger partial charge on any atom is 0.161 e. The van der Waals surface area contributed by atoms with Gasteiger partial charge in [-0.25, -0.2) is 0 Å². The van der Waals surface area contributed by atoms with Gasteiger partial charge in [0.2, 0.25) is 0 Å². The molecule has 0 amide bonds. The maximum atomic E-state index is 2.36. The zero-order valence-electron chi connectivity index (χ0n) is 21.7. The highest BCUT2D eigenvalue weighted by atomic mass is 32.3. The fourth-order valence-electron chi connectivity index (χ4n) is 5.27. The first-order chi connectivity index (χ1) is 19.3. The van der Waals surface area contributed by atoms with Gasteiger partial charge in [-0.15, -0.1) is 0 Å². The third-order valence-electron chi connectivity index (χ3n) is 7.05. The largest absolute Gasteiger partial charge is 0.161 e. The van der Waals surface area contributed by atoms with Crippen LogP contribution in [0.3, 0.4) is 0 Å². The van der Waals surface area contributed by atoms with E-state index in [4.69, 9.17) is 0 Å². The van der Waals surface area contributed by atoms with E-state index in [1.807, 2.05) is 0 Å². The molecule has 0 atom stereocenters. The second-order valence-electron chi connectivity index (χ2n) is 9.37. The van der Waals surface area contributed by atoms with E-state index in [1.165, 1.54) is 39.4 Å². The lowest BCUT2D eigenvalue weighted by Crippen LogP contribution is -2.29.